The van der Waals surface area contributed by atoms with E-state index in [1.807, 2.05) is 0 Å². The van der Waals surface area contributed by atoms with Gasteiger partial charge in [-0.1, -0.05) is 13.8 Å². The van der Waals surface area contributed by atoms with Gasteiger partial charge >= 0.3 is 0 Å². The topological polar surface area (TPSA) is 69.6 Å². The quantitative estimate of drug-likeness (QED) is 0.777. The Labute approximate surface area is 90.0 Å². The van der Waals surface area contributed by atoms with Crippen LogP contribution in [0.2, 0.25) is 0 Å². The minimum absolute atomic E-state index is 0.132. The van der Waals surface area contributed by atoms with Gasteiger partial charge in [0.25, 0.3) is 0 Å². The van der Waals surface area contributed by atoms with Crippen molar-refractivity contribution >= 4 is 0 Å². The Morgan fingerprint density at radius 1 is 1.40 bits per heavy atom. The van der Waals surface area contributed by atoms with Crippen LogP contribution in [0.25, 0.3) is 0 Å². The molecule has 5 heteroatoms. The molecule has 2 N–H and O–H groups in total. The van der Waals surface area contributed by atoms with E-state index in [-0.39, 0.29) is 5.54 Å². The maximum absolute atomic E-state index is 6.36. The van der Waals surface area contributed by atoms with Crippen LogP contribution in [0.5, 0.6) is 0 Å². The van der Waals surface area contributed by atoms with Gasteiger partial charge in [0.15, 0.2) is 5.82 Å². The van der Waals surface area contributed by atoms with E-state index in [2.05, 4.69) is 29.3 Å². The Kier molecular flexibility index (Phi) is 2.30. The van der Waals surface area contributed by atoms with E-state index in [4.69, 9.17) is 5.73 Å². The maximum atomic E-state index is 6.36. The average Bonchev–Trinajstić information content (AvgIpc) is 2.57. The molecule has 1 aromatic rings. The third kappa shape index (κ3) is 2.34. The molecule has 1 saturated carbocycles. The molecular weight excluding hydrogens is 190 g/mol. The second-order valence-corrected chi connectivity index (χ2v) is 5.58. The van der Waals surface area contributed by atoms with E-state index in [0.717, 1.165) is 25.1 Å². The van der Waals surface area contributed by atoms with Crippen molar-refractivity contribution in [2.75, 3.05) is 0 Å². The van der Waals surface area contributed by atoms with Crippen LogP contribution < -0.4 is 5.73 Å². The molecule has 0 amide bonds. The van der Waals surface area contributed by atoms with Gasteiger partial charge < -0.3 is 5.73 Å². The first-order chi connectivity index (χ1) is 6.89. The standard InChI is InChI=1S/C10H19N5/c1-9(2)4-5-10(11,7-9)6-8-12-14-15(3)13-8/h4-7,11H2,1-3H3. The summed E-state index contributed by atoms with van der Waals surface area (Å²) in [7, 11) is 1.78. The first-order valence-electron chi connectivity index (χ1n) is 5.40. The number of nitrogens with two attached hydrogens (primary N) is 1. The molecule has 1 unspecified atom stereocenters. The minimum atomic E-state index is -0.132. The monoisotopic (exact) mass is 209 g/mol. The zero-order valence-corrected chi connectivity index (χ0v) is 9.69. The van der Waals surface area contributed by atoms with Crippen molar-refractivity contribution in [2.45, 2.75) is 45.1 Å². The lowest BCUT2D eigenvalue weighted by Gasteiger charge is -2.24. The predicted octanol–water partition coefficient (Wildman–Crippen LogP) is 0.660. The van der Waals surface area contributed by atoms with Crippen LogP contribution in [-0.2, 0) is 13.5 Å². The molecule has 84 valence electrons. The number of aromatic nitrogens is 4. The van der Waals surface area contributed by atoms with Crippen LogP contribution in [0.15, 0.2) is 0 Å². The van der Waals surface area contributed by atoms with Crippen LogP contribution in [0.4, 0.5) is 0 Å². The van der Waals surface area contributed by atoms with Gasteiger partial charge in [0.05, 0.1) is 7.05 Å². The number of rotatable bonds is 2. The average molecular weight is 209 g/mol. The third-order valence-electron chi connectivity index (χ3n) is 3.19. The molecule has 1 aliphatic rings. The fourth-order valence-corrected chi connectivity index (χ4v) is 2.58. The molecule has 1 heterocycles. The Morgan fingerprint density at radius 3 is 2.60 bits per heavy atom. The second kappa shape index (κ2) is 3.27. The molecule has 0 aliphatic heterocycles. The lowest BCUT2D eigenvalue weighted by atomic mass is 9.86. The van der Waals surface area contributed by atoms with E-state index >= 15 is 0 Å². The summed E-state index contributed by atoms with van der Waals surface area (Å²) < 4.78 is 0. The first-order valence-corrected chi connectivity index (χ1v) is 5.40. The lowest BCUT2D eigenvalue weighted by Crippen LogP contribution is -2.40. The van der Waals surface area contributed by atoms with Crippen molar-refractivity contribution in [3.05, 3.63) is 5.82 Å². The van der Waals surface area contributed by atoms with E-state index in [1.165, 1.54) is 11.2 Å². The maximum Gasteiger partial charge on any atom is 0.176 e. The number of hydrogen-bond donors (Lipinski definition) is 1. The zero-order valence-electron chi connectivity index (χ0n) is 9.69. The van der Waals surface area contributed by atoms with Crippen LogP contribution in [0.1, 0.15) is 38.9 Å². The van der Waals surface area contributed by atoms with E-state index < -0.39 is 0 Å². The van der Waals surface area contributed by atoms with Gasteiger partial charge in [-0.2, -0.15) is 4.80 Å². The van der Waals surface area contributed by atoms with Gasteiger partial charge in [-0.05, 0) is 29.9 Å². The molecule has 15 heavy (non-hydrogen) atoms. The second-order valence-electron chi connectivity index (χ2n) is 5.58. The Hall–Kier alpha value is -0.970. The highest BCUT2D eigenvalue weighted by Gasteiger charge is 2.41. The third-order valence-corrected chi connectivity index (χ3v) is 3.19. The molecule has 5 nitrogen and oxygen atoms in total. The summed E-state index contributed by atoms with van der Waals surface area (Å²) in [5, 5.41) is 12.0. The molecule has 0 bridgehead atoms. The molecule has 1 fully saturated rings. The largest absolute Gasteiger partial charge is 0.325 e. The summed E-state index contributed by atoms with van der Waals surface area (Å²) in [6.45, 7) is 4.54. The van der Waals surface area contributed by atoms with Crippen molar-refractivity contribution in [2.24, 2.45) is 18.2 Å². The number of aryl methyl sites for hydroxylation is 1. The molecule has 0 saturated heterocycles. The summed E-state index contributed by atoms with van der Waals surface area (Å²) >= 11 is 0. The fraction of sp³-hybridized carbons (Fsp3) is 0.900. The smallest absolute Gasteiger partial charge is 0.176 e. The van der Waals surface area contributed by atoms with Crippen molar-refractivity contribution < 1.29 is 0 Å². The lowest BCUT2D eigenvalue weighted by molar-refractivity contribution is 0.331. The Balaban J connectivity index is 2.06. The van der Waals surface area contributed by atoms with E-state index in [9.17, 15) is 0 Å². The molecule has 0 spiro atoms. The van der Waals surface area contributed by atoms with Gasteiger partial charge in [0.2, 0.25) is 0 Å². The molecule has 1 aliphatic carbocycles. The highest BCUT2D eigenvalue weighted by atomic mass is 15.6. The predicted molar refractivity (Wildman–Crippen MR) is 57.1 cm³/mol. The zero-order chi connectivity index (χ0) is 11.1. The van der Waals surface area contributed by atoms with E-state index in [1.54, 1.807) is 7.05 Å². The SMILES string of the molecule is Cn1nnc(CC2(N)CCC(C)(C)C2)n1. The van der Waals surface area contributed by atoms with Gasteiger partial charge in [0.1, 0.15) is 0 Å². The van der Waals surface area contributed by atoms with Gasteiger partial charge in [-0.15, -0.1) is 10.2 Å². The minimum Gasteiger partial charge on any atom is -0.325 e. The summed E-state index contributed by atoms with van der Waals surface area (Å²) in [6, 6.07) is 0. The fourth-order valence-electron chi connectivity index (χ4n) is 2.58. The normalized spacial score (nSPS) is 29.6. The number of tetrazole rings is 1. The molecule has 1 atom stereocenters. The first kappa shape index (κ1) is 10.5. The van der Waals surface area contributed by atoms with Crippen molar-refractivity contribution in [3.63, 3.8) is 0 Å². The van der Waals surface area contributed by atoms with Gasteiger partial charge in [-0.3, -0.25) is 0 Å². The molecule has 2 rings (SSSR count). The summed E-state index contributed by atoms with van der Waals surface area (Å²) in [5.41, 5.74) is 6.58. The van der Waals surface area contributed by atoms with Crippen LogP contribution in [0, 0.1) is 5.41 Å². The molecule has 1 aromatic heterocycles. The summed E-state index contributed by atoms with van der Waals surface area (Å²) in [4.78, 5) is 1.48. The number of hydrogen-bond acceptors (Lipinski definition) is 4. The van der Waals surface area contributed by atoms with Crippen LogP contribution >= 0.6 is 0 Å². The Morgan fingerprint density at radius 2 is 2.13 bits per heavy atom. The highest BCUT2D eigenvalue weighted by Crippen LogP contribution is 2.43. The van der Waals surface area contributed by atoms with Crippen LogP contribution in [-0.4, -0.2) is 25.7 Å². The van der Waals surface area contributed by atoms with E-state index in [0.29, 0.717) is 5.41 Å². The van der Waals surface area contributed by atoms with Crippen molar-refractivity contribution in [1.82, 2.24) is 20.2 Å². The summed E-state index contributed by atoms with van der Waals surface area (Å²) in [6.07, 6.45) is 4.02. The van der Waals surface area contributed by atoms with Gasteiger partial charge in [-0.25, -0.2) is 0 Å². The van der Waals surface area contributed by atoms with Crippen molar-refractivity contribution in [3.8, 4) is 0 Å². The molecular formula is C10H19N5. The van der Waals surface area contributed by atoms with Gasteiger partial charge in [0, 0.05) is 12.0 Å². The Bertz CT molecular complexity index is 356. The van der Waals surface area contributed by atoms with Crippen molar-refractivity contribution in [1.29, 1.82) is 0 Å². The molecule has 0 aromatic carbocycles. The molecule has 0 radical (unpaired) electrons. The highest BCUT2D eigenvalue weighted by molar-refractivity contribution is 5.02. The van der Waals surface area contributed by atoms with Crippen LogP contribution in [0.3, 0.4) is 0 Å². The summed E-state index contributed by atoms with van der Waals surface area (Å²) in [5.74, 6) is 0.762. The number of nitrogens with zero attached hydrogens (tertiary/aromatic N) is 4.